The van der Waals surface area contributed by atoms with Crippen molar-refractivity contribution in [1.29, 1.82) is 5.26 Å². The lowest BCUT2D eigenvalue weighted by atomic mass is 10.1. The van der Waals surface area contributed by atoms with Crippen LogP contribution in [0.1, 0.15) is 29.6 Å². The van der Waals surface area contributed by atoms with Crippen molar-refractivity contribution < 1.29 is 23.5 Å². The number of anilines is 1. The maximum atomic E-state index is 13.1. The zero-order chi connectivity index (χ0) is 20.4. The predicted molar refractivity (Wildman–Crippen MR) is 99.9 cm³/mol. The summed E-state index contributed by atoms with van der Waals surface area (Å²) in [6.07, 6.45) is -0.0917. The summed E-state index contributed by atoms with van der Waals surface area (Å²) in [5, 5.41) is 8.76. The third kappa shape index (κ3) is 6.32. The Labute approximate surface area is 162 Å². The van der Waals surface area contributed by atoms with E-state index >= 15 is 0 Å². The minimum absolute atomic E-state index is 0.0207. The molecule has 0 spiro atoms. The standard InChI is InChI=1S/C21H19FN2O4/c22-17-7-9-18(10-8-17)24(14-4-13-23)20(26)15-28-21(27)12-11-19(25)16-5-2-1-3-6-16/h1-3,5-10H,4,11-12,14-15H2. The van der Waals surface area contributed by atoms with E-state index in [0.717, 1.165) is 0 Å². The van der Waals surface area contributed by atoms with Gasteiger partial charge in [0.2, 0.25) is 0 Å². The van der Waals surface area contributed by atoms with Crippen LogP contribution in [-0.2, 0) is 14.3 Å². The smallest absolute Gasteiger partial charge is 0.306 e. The van der Waals surface area contributed by atoms with Gasteiger partial charge in [0.25, 0.3) is 5.91 Å². The van der Waals surface area contributed by atoms with Crippen molar-refractivity contribution in [3.05, 3.63) is 66.0 Å². The van der Waals surface area contributed by atoms with Gasteiger partial charge in [0, 0.05) is 24.2 Å². The Morgan fingerprint density at radius 3 is 2.32 bits per heavy atom. The van der Waals surface area contributed by atoms with Crippen LogP contribution in [0.25, 0.3) is 0 Å². The van der Waals surface area contributed by atoms with Gasteiger partial charge in [0.15, 0.2) is 12.4 Å². The number of halogens is 1. The molecule has 6 nitrogen and oxygen atoms in total. The Morgan fingerprint density at radius 1 is 1.00 bits per heavy atom. The van der Waals surface area contributed by atoms with E-state index in [1.165, 1.54) is 29.2 Å². The van der Waals surface area contributed by atoms with E-state index in [9.17, 15) is 18.8 Å². The highest BCUT2D eigenvalue weighted by Gasteiger charge is 2.18. The van der Waals surface area contributed by atoms with Gasteiger partial charge < -0.3 is 9.64 Å². The number of carbonyl (C=O) groups is 3. The van der Waals surface area contributed by atoms with Crippen LogP contribution >= 0.6 is 0 Å². The van der Waals surface area contributed by atoms with Gasteiger partial charge in [-0.15, -0.1) is 0 Å². The highest BCUT2D eigenvalue weighted by Crippen LogP contribution is 2.16. The second kappa shape index (κ2) is 10.6. The molecule has 28 heavy (non-hydrogen) atoms. The second-order valence-electron chi connectivity index (χ2n) is 5.88. The summed E-state index contributed by atoms with van der Waals surface area (Å²) in [6.45, 7) is -0.438. The molecule has 0 saturated carbocycles. The normalized spacial score (nSPS) is 10.0. The molecular formula is C21H19FN2O4. The fraction of sp³-hybridized carbons (Fsp3) is 0.238. The molecule has 7 heteroatoms. The van der Waals surface area contributed by atoms with E-state index < -0.39 is 24.3 Å². The predicted octanol–water partition coefficient (Wildman–Crippen LogP) is 3.28. The quantitative estimate of drug-likeness (QED) is 0.491. The number of hydrogen-bond acceptors (Lipinski definition) is 5. The van der Waals surface area contributed by atoms with Crippen LogP contribution in [-0.4, -0.2) is 30.8 Å². The molecule has 0 saturated heterocycles. The van der Waals surface area contributed by atoms with Crippen molar-refractivity contribution in [2.45, 2.75) is 19.3 Å². The number of amides is 1. The molecule has 0 aliphatic heterocycles. The lowest BCUT2D eigenvalue weighted by Gasteiger charge is -2.21. The molecule has 144 valence electrons. The summed E-state index contributed by atoms with van der Waals surface area (Å²) >= 11 is 0. The summed E-state index contributed by atoms with van der Waals surface area (Å²) < 4.78 is 18.0. The number of ether oxygens (including phenoxy) is 1. The summed E-state index contributed by atoms with van der Waals surface area (Å²) in [5.41, 5.74) is 0.905. The van der Waals surface area contributed by atoms with Gasteiger partial charge in [-0.25, -0.2) is 4.39 Å². The number of esters is 1. The molecule has 0 aliphatic carbocycles. The molecule has 2 aromatic rings. The van der Waals surface area contributed by atoms with Crippen molar-refractivity contribution in [2.75, 3.05) is 18.1 Å². The third-order valence-corrected chi connectivity index (χ3v) is 3.90. The number of nitrogens with zero attached hydrogens (tertiary/aromatic N) is 2. The highest BCUT2D eigenvalue weighted by atomic mass is 19.1. The molecule has 0 fully saturated rings. The first-order valence-electron chi connectivity index (χ1n) is 8.68. The number of nitriles is 1. The van der Waals surface area contributed by atoms with Gasteiger partial charge in [0.1, 0.15) is 5.82 Å². The SMILES string of the molecule is N#CCCN(C(=O)COC(=O)CCC(=O)c1ccccc1)c1ccc(F)cc1. The first-order chi connectivity index (χ1) is 13.5. The molecular weight excluding hydrogens is 363 g/mol. The highest BCUT2D eigenvalue weighted by molar-refractivity contribution is 5.98. The summed E-state index contributed by atoms with van der Waals surface area (Å²) in [7, 11) is 0. The fourth-order valence-corrected chi connectivity index (χ4v) is 2.46. The Balaban J connectivity index is 1.87. The third-order valence-electron chi connectivity index (χ3n) is 3.90. The summed E-state index contributed by atoms with van der Waals surface area (Å²) in [5.74, 6) is -1.85. The molecule has 0 aromatic heterocycles. The molecule has 0 heterocycles. The van der Waals surface area contributed by atoms with Crippen LogP contribution < -0.4 is 4.90 Å². The number of hydrogen-bond donors (Lipinski definition) is 0. The first-order valence-corrected chi connectivity index (χ1v) is 8.68. The topological polar surface area (TPSA) is 87.5 Å². The number of rotatable bonds is 9. The van der Waals surface area contributed by atoms with Gasteiger partial charge in [-0.2, -0.15) is 5.26 Å². The summed E-state index contributed by atoms with van der Waals surface area (Å²) in [4.78, 5) is 37.5. The number of benzene rings is 2. The molecule has 1 amide bonds. The lowest BCUT2D eigenvalue weighted by molar-refractivity contribution is -0.147. The van der Waals surface area contributed by atoms with Crippen molar-refractivity contribution in [3.63, 3.8) is 0 Å². The van der Waals surface area contributed by atoms with Crippen molar-refractivity contribution >= 4 is 23.3 Å². The molecule has 2 aromatic carbocycles. The lowest BCUT2D eigenvalue weighted by Crippen LogP contribution is -2.35. The van der Waals surface area contributed by atoms with E-state index in [1.54, 1.807) is 30.3 Å². The van der Waals surface area contributed by atoms with Gasteiger partial charge in [-0.1, -0.05) is 30.3 Å². The molecule has 0 atom stereocenters. The Hall–Kier alpha value is -3.53. The minimum atomic E-state index is -0.669. The zero-order valence-corrected chi connectivity index (χ0v) is 15.1. The fourth-order valence-electron chi connectivity index (χ4n) is 2.46. The van der Waals surface area contributed by atoms with Crippen LogP contribution in [0.5, 0.6) is 0 Å². The van der Waals surface area contributed by atoms with Crippen molar-refractivity contribution in [1.82, 2.24) is 0 Å². The van der Waals surface area contributed by atoms with Gasteiger partial charge in [-0.3, -0.25) is 14.4 Å². The number of Topliss-reactive ketones (excluding diaryl/α,β-unsaturated/α-hetero) is 1. The molecule has 0 bridgehead atoms. The summed E-state index contributed by atoms with van der Waals surface area (Å²) in [6, 6.07) is 15.7. The Bertz CT molecular complexity index is 860. The average Bonchev–Trinajstić information content (AvgIpc) is 2.72. The van der Waals surface area contributed by atoms with E-state index in [-0.39, 0.29) is 31.6 Å². The molecule has 2 rings (SSSR count). The molecule has 0 N–H and O–H groups in total. The van der Waals surface area contributed by atoms with E-state index in [2.05, 4.69) is 0 Å². The Morgan fingerprint density at radius 2 is 1.68 bits per heavy atom. The van der Waals surface area contributed by atoms with E-state index in [1.807, 2.05) is 6.07 Å². The van der Waals surface area contributed by atoms with Gasteiger partial charge in [-0.05, 0) is 24.3 Å². The molecule has 0 radical (unpaired) electrons. The van der Waals surface area contributed by atoms with Crippen LogP contribution in [0.15, 0.2) is 54.6 Å². The largest absolute Gasteiger partial charge is 0.456 e. The van der Waals surface area contributed by atoms with Crippen LogP contribution in [0.3, 0.4) is 0 Å². The van der Waals surface area contributed by atoms with Gasteiger partial charge in [0.05, 0.1) is 18.9 Å². The number of ketones is 1. The zero-order valence-electron chi connectivity index (χ0n) is 15.1. The second-order valence-corrected chi connectivity index (χ2v) is 5.88. The maximum absolute atomic E-state index is 13.1. The molecule has 0 aliphatic rings. The monoisotopic (exact) mass is 382 g/mol. The first kappa shape index (κ1) is 20.8. The molecule has 0 unspecified atom stereocenters. The van der Waals surface area contributed by atoms with Crippen LogP contribution in [0, 0.1) is 17.1 Å². The minimum Gasteiger partial charge on any atom is -0.456 e. The van der Waals surface area contributed by atoms with Crippen molar-refractivity contribution in [3.8, 4) is 6.07 Å². The average molecular weight is 382 g/mol. The van der Waals surface area contributed by atoms with Crippen molar-refractivity contribution in [2.24, 2.45) is 0 Å². The Kier molecular flexibility index (Phi) is 7.85. The maximum Gasteiger partial charge on any atom is 0.306 e. The van der Waals surface area contributed by atoms with E-state index in [4.69, 9.17) is 10.00 Å². The van der Waals surface area contributed by atoms with Gasteiger partial charge >= 0.3 is 5.97 Å². The van der Waals surface area contributed by atoms with Crippen LogP contribution in [0.2, 0.25) is 0 Å². The number of carbonyl (C=O) groups excluding carboxylic acids is 3. The van der Waals surface area contributed by atoms with E-state index in [0.29, 0.717) is 11.3 Å². The van der Waals surface area contributed by atoms with Crippen LogP contribution in [0.4, 0.5) is 10.1 Å².